The smallest absolute Gasteiger partial charge is 0.268 e. The van der Waals surface area contributed by atoms with Crippen LogP contribution in [0.4, 0.5) is 5.69 Å². The second-order valence-electron chi connectivity index (χ2n) is 7.52. The van der Waals surface area contributed by atoms with Gasteiger partial charge in [0, 0.05) is 6.04 Å². The van der Waals surface area contributed by atoms with E-state index in [0.29, 0.717) is 17.9 Å². The van der Waals surface area contributed by atoms with Crippen molar-refractivity contribution in [1.29, 1.82) is 0 Å². The number of anilines is 1. The summed E-state index contributed by atoms with van der Waals surface area (Å²) < 4.78 is 5.82. The van der Waals surface area contributed by atoms with Gasteiger partial charge in [0.2, 0.25) is 5.91 Å². The van der Waals surface area contributed by atoms with Crippen LogP contribution in [0.25, 0.3) is 0 Å². The largest absolute Gasteiger partial charge is 0.478 e. The number of hydrogen-bond donors (Lipinski definition) is 1. The molecular formula is C21H30N2O3. The van der Waals surface area contributed by atoms with Gasteiger partial charge < -0.3 is 10.1 Å². The molecule has 1 aliphatic carbocycles. The standard InChI is InChI=1S/C21H30N2O3/c1-3-18-21(25)23(17-13-15(2)11-12-19(17)26-18)14-20(24)22-16-9-7-5-4-6-8-10-16/h11-13,16,18H,3-10,14H2,1-2H3,(H,22,24)/t18-/m0/s1. The van der Waals surface area contributed by atoms with Crippen molar-refractivity contribution in [2.45, 2.75) is 77.4 Å². The van der Waals surface area contributed by atoms with Crippen LogP contribution in [-0.2, 0) is 9.59 Å². The molecule has 0 aromatic heterocycles. The molecule has 1 aromatic rings. The predicted molar refractivity (Wildman–Crippen MR) is 102 cm³/mol. The van der Waals surface area contributed by atoms with Crippen LogP contribution < -0.4 is 15.0 Å². The second kappa shape index (κ2) is 8.56. The highest BCUT2D eigenvalue weighted by Gasteiger charge is 2.34. The lowest BCUT2D eigenvalue weighted by Crippen LogP contribution is -2.50. The molecule has 142 valence electrons. The number of carbonyl (C=O) groups is 2. The monoisotopic (exact) mass is 358 g/mol. The van der Waals surface area contributed by atoms with Gasteiger partial charge >= 0.3 is 0 Å². The molecule has 1 fully saturated rings. The highest BCUT2D eigenvalue weighted by atomic mass is 16.5. The van der Waals surface area contributed by atoms with Crippen molar-refractivity contribution in [3.63, 3.8) is 0 Å². The van der Waals surface area contributed by atoms with Gasteiger partial charge in [-0.3, -0.25) is 14.5 Å². The van der Waals surface area contributed by atoms with E-state index in [2.05, 4.69) is 5.32 Å². The molecule has 1 aromatic carbocycles. The third-order valence-corrected chi connectivity index (χ3v) is 5.36. The minimum Gasteiger partial charge on any atom is -0.478 e. The van der Waals surface area contributed by atoms with E-state index in [4.69, 9.17) is 4.74 Å². The Hall–Kier alpha value is -2.04. The van der Waals surface area contributed by atoms with Crippen LogP contribution in [0, 0.1) is 6.92 Å². The summed E-state index contributed by atoms with van der Waals surface area (Å²) in [5.41, 5.74) is 1.74. The molecule has 0 unspecified atom stereocenters. The van der Waals surface area contributed by atoms with E-state index in [9.17, 15) is 9.59 Å². The lowest BCUT2D eigenvalue weighted by molar-refractivity contribution is -0.129. The first-order valence-corrected chi connectivity index (χ1v) is 9.96. The number of fused-ring (bicyclic) bond motifs is 1. The molecule has 0 bridgehead atoms. The molecule has 2 aliphatic rings. The summed E-state index contributed by atoms with van der Waals surface area (Å²) in [6, 6.07) is 6.01. The lowest BCUT2D eigenvalue weighted by atomic mass is 9.97. The first-order chi connectivity index (χ1) is 12.6. The van der Waals surface area contributed by atoms with E-state index in [-0.39, 0.29) is 24.4 Å². The van der Waals surface area contributed by atoms with Crippen LogP contribution in [-0.4, -0.2) is 30.5 Å². The number of benzene rings is 1. The van der Waals surface area contributed by atoms with Crippen molar-refractivity contribution < 1.29 is 14.3 Å². The van der Waals surface area contributed by atoms with Gasteiger partial charge in [-0.2, -0.15) is 0 Å². The van der Waals surface area contributed by atoms with Crippen molar-refractivity contribution in [3.8, 4) is 5.75 Å². The molecule has 1 heterocycles. The zero-order chi connectivity index (χ0) is 18.5. The number of nitrogens with zero attached hydrogens (tertiary/aromatic N) is 1. The van der Waals surface area contributed by atoms with Gasteiger partial charge in [0.05, 0.1) is 5.69 Å². The fourth-order valence-corrected chi connectivity index (χ4v) is 3.87. The maximum atomic E-state index is 12.8. The van der Waals surface area contributed by atoms with Crippen molar-refractivity contribution in [2.75, 3.05) is 11.4 Å². The first kappa shape index (κ1) is 18.7. The molecule has 0 saturated heterocycles. The summed E-state index contributed by atoms with van der Waals surface area (Å²) in [5, 5.41) is 3.16. The fraction of sp³-hybridized carbons (Fsp3) is 0.619. The zero-order valence-corrected chi connectivity index (χ0v) is 15.9. The molecule has 1 aliphatic heterocycles. The fourth-order valence-electron chi connectivity index (χ4n) is 3.87. The molecule has 3 rings (SSSR count). The molecule has 1 saturated carbocycles. The van der Waals surface area contributed by atoms with Gasteiger partial charge in [-0.15, -0.1) is 0 Å². The lowest BCUT2D eigenvalue weighted by Gasteiger charge is -2.34. The Morgan fingerprint density at radius 1 is 1.19 bits per heavy atom. The van der Waals surface area contributed by atoms with Gasteiger partial charge in [0.15, 0.2) is 6.10 Å². The molecule has 5 nitrogen and oxygen atoms in total. The van der Waals surface area contributed by atoms with Crippen molar-refractivity contribution in [2.24, 2.45) is 0 Å². The van der Waals surface area contributed by atoms with Gasteiger partial charge in [-0.05, 0) is 43.9 Å². The molecule has 26 heavy (non-hydrogen) atoms. The van der Waals surface area contributed by atoms with E-state index in [1.165, 1.54) is 32.1 Å². The van der Waals surface area contributed by atoms with E-state index < -0.39 is 6.10 Å². The van der Waals surface area contributed by atoms with E-state index in [0.717, 1.165) is 18.4 Å². The highest BCUT2D eigenvalue weighted by Crippen LogP contribution is 2.35. The van der Waals surface area contributed by atoms with E-state index in [1.807, 2.05) is 32.0 Å². The van der Waals surface area contributed by atoms with Crippen LogP contribution >= 0.6 is 0 Å². The molecular weight excluding hydrogens is 328 g/mol. The average molecular weight is 358 g/mol. The SMILES string of the molecule is CC[C@@H]1Oc2ccc(C)cc2N(CC(=O)NC2CCCCCCC2)C1=O. The number of rotatable bonds is 4. The summed E-state index contributed by atoms with van der Waals surface area (Å²) in [5.74, 6) is 0.479. The van der Waals surface area contributed by atoms with Crippen LogP contribution in [0.15, 0.2) is 18.2 Å². The summed E-state index contributed by atoms with van der Waals surface area (Å²) in [4.78, 5) is 27.0. The zero-order valence-electron chi connectivity index (χ0n) is 15.9. The number of hydrogen-bond acceptors (Lipinski definition) is 3. The number of amides is 2. The maximum absolute atomic E-state index is 12.8. The minimum atomic E-state index is -0.514. The minimum absolute atomic E-state index is 0.0612. The molecule has 1 atom stereocenters. The third kappa shape index (κ3) is 4.37. The Labute approximate surface area is 156 Å². The quantitative estimate of drug-likeness (QED) is 0.892. The molecule has 0 radical (unpaired) electrons. The number of carbonyl (C=O) groups excluding carboxylic acids is 2. The third-order valence-electron chi connectivity index (χ3n) is 5.36. The first-order valence-electron chi connectivity index (χ1n) is 9.96. The van der Waals surface area contributed by atoms with Crippen molar-refractivity contribution in [1.82, 2.24) is 5.32 Å². The van der Waals surface area contributed by atoms with E-state index >= 15 is 0 Å². The predicted octanol–water partition coefficient (Wildman–Crippen LogP) is 3.73. The highest BCUT2D eigenvalue weighted by molar-refractivity contribution is 6.03. The Balaban J connectivity index is 1.71. The molecule has 5 heteroatoms. The summed E-state index contributed by atoms with van der Waals surface area (Å²) in [6.45, 7) is 3.96. The summed E-state index contributed by atoms with van der Waals surface area (Å²) in [7, 11) is 0. The van der Waals surface area contributed by atoms with Gasteiger partial charge in [0.25, 0.3) is 5.91 Å². The summed E-state index contributed by atoms with van der Waals surface area (Å²) in [6.07, 6.45) is 8.29. The van der Waals surface area contributed by atoms with Crippen LogP contribution in [0.5, 0.6) is 5.75 Å². The van der Waals surface area contributed by atoms with Crippen molar-refractivity contribution in [3.05, 3.63) is 23.8 Å². The molecule has 0 spiro atoms. The second-order valence-corrected chi connectivity index (χ2v) is 7.52. The van der Waals surface area contributed by atoms with Crippen LogP contribution in [0.1, 0.15) is 63.9 Å². The normalized spacial score (nSPS) is 21.4. The molecule has 1 N–H and O–H groups in total. The number of ether oxygens (including phenoxy) is 1. The van der Waals surface area contributed by atoms with Gasteiger partial charge in [0.1, 0.15) is 12.3 Å². The topological polar surface area (TPSA) is 58.6 Å². The van der Waals surface area contributed by atoms with Crippen molar-refractivity contribution >= 4 is 17.5 Å². The van der Waals surface area contributed by atoms with Gasteiger partial charge in [-0.25, -0.2) is 0 Å². The van der Waals surface area contributed by atoms with Crippen LogP contribution in [0.2, 0.25) is 0 Å². The van der Waals surface area contributed by atoms with Crippen LogP contribution in [0.3, 0.4) is 0 Å². The van der Waals surface area contributed by atoms with E-state index in [1.54, 1.807) is 4.90 Å². The Kier molecular flexibility index (Phi) is 6.17. The number of aryl methyl sites for hydroxylation is 1. The Bertz CT molecular complexity index is 651. The average Bonchev–Trinajstić information content (AvgIpc) is 2.59. The molecule has 2 amide bonds. The number of nitrogens with one attached hydrogen (secondary N) is 1. The Morgan fingerprint density at radius 3 is 2.58 bits per heavy atom. The summed E-state index contributed by atoms with van der Waals surface area (Å²) >= 11 is 0. The Morgan fingerprint density at radius 2 is 1.88 bits per heavy atom. The van der Waals surface area contributed by atoms with Gasteiger partial charge in [-0.1, -0.05) is 45.1 Å². The maximum Gasteiger partial charge on any atom is 0.268 e.